The van der Waals surface area contributed by atoms with Crippen LogP contribution in [0.4, 0.5) is 11.4 Å². The van der Waals surface area contributed by atoms with Crippen molar-refractivity contribution in [1.29, 1.82) is 0 Å². The first-order valence-corrected chi connectivity index (χ1v) is 9.76. The molecule has 6 nitrogen and oxygen atoms in total. The molecule has 1 N–H and O–H groups in total. The molecule has 1 fully saturated rings. The molecular weight excluding hydrogens is 352 g/mol. The Morgan fingerprint density at radius 1 is 1.00 bits per heavy atom. The van der Waals surface area contributed by atoms with Gasteiger partial charge in [0.25, 0.3) is 5.69 Å². The number of rotatable bonds is 6. The van der Waals surface area contributed by atoms with E-state index in [1.165, 1.54) is 43.5 Å². The van der Waals surface area contributed by atoms with E-state index in [4.69, 9.17) is 0 Å². The standard InChI is InChI=1S/C22H24N4O2/c27-26(28)22-9-8-21(19-10-11-23-15-20(19)22)24-14-17-6-2-3-7-18(17)16-25-12-4-1-5-13-25/h2-3,6-11,15,24H,1,4-5,12-14,16H2. The third-order valence-electron chi connectivity index (χ3n) is 5.42. The molecule has 0 radical (unpaired) electrons. The van der Waals surface area contributed by atoms with Crippen LogP contribution < -0.4 is 5.32 Å². The fourth-order valence-corrected chi connectivity index (χ4v) is 3.92. The quantitative estimate of drug-likeness (QED) is 0.497. The van der Waals surface area contributed by atoms with Crippen LogP contribution in [-0.4, -0.2) is 27.9 Å². The highest BCUT2D eigenvalue weighted by Gasteiger charge is 2.15. The predicted molar refractivity (Wildman–Crippen MR) is 111 cm³/mol. The fourth-order valence-electron chi connectivity index (χ4n) is 3.92. The molecule has 0 atom stereocenters. The van der Waals surface area contributed by atoms with Gasteiger partial charge in [0.2, 0.25) is 0 Å². The number of likely N-dealkylation sites (tertiary alicyclic amines) is 1. The minimum absolute atomic E-state index is 0.0825. The number of nitrogens with zero attached hydrogens (tertiary/aromatic N) is 3. The van der Waals surface area contributed by atoms with Gasteiger partial charge in [-0.2, -0.15) is 0 Å². The molecule has 0 amide bonds. The number of hydrogen-bond acceptors (Lipinski definition) is 5. The van der Waals surface area contributed by atoms with E-state index in [9.17, 15) is 10.1 Å². The van der Waals surface area contributed by atoms with Crippen LogP contribution in [0.5, 0.6) is 0 Å². The average molecular weight is 376 g/mol. The van der Waals surface area contributed by atoms with Crippen molar-refractivity contribution in [1.82, 2.24) is 9.88 Å². The molecular formula is C22H24N4O2. The number of fused-ring (bicyclic) bond motifs is 1. The number of nitro benzene ring substituents is 1. The maximum Gasteiger partial charge on any atom is 0.278 e. The lowest BCUT2D eigenvalue weighted by Gasteiger charge is -2.27. The zero-order chi connectivity index (χ0) is 19.3. The topological polar surface area (TPSA) is 71.3 Å². The summed E-state index contributed by atoms with van der Waals surface area (Å²) in [5.74, 6) is 0. The summed E-state index contributed by atoms with van der Waals surface area (Å²) < 4.78 is 0. The molecule has 28 heavy (non-hydrogen) atoms. The molecule has 0 bridgehead atoms. The Bertz CT molecular complexity index is 983. The number of aromatic nitrogens is 1. The van der Waals surface area contributed by atoms with E-state index in [1.54, 1.807) is 24.5 Å². The van der Waals surface area contributed by atoms with Crippen LogP contribution in [0.3, 0.4) is 0 Å². The summed E-state index contributed by atoms with van der Waals surface area (Å²) in [5, 5.41) is 16.1. The Labute approximate surface area is 164 Å². The van der Waals surface area contributed by atoms with E-state index < -0.39 is 0 Å². The van der Waals surface area contributed by atoms with Gasteiger partial charge in [-0.15, -0.1) is 0 Å². The van der Waals surface area contributed by atoms with Crippen molar-refractivity contribution in [2.24, 2.45) is 0 Å². The van der Waals surface area contributed by atoms with Gasteiger partial charge in [0.1, 0.15) is 0 Å². The van der Waals surface area contributed by atoms with E-state index in [1.807, 2.05) is 6.07 Å². The molecule has 1 aliphatic heterocycles. The van der Waals surface area contributed by atoms with Crippen molar-refractivity contribution in [2.45, 2.75) is 32.4 Å². The van der Waals surface area contributed by atoms with Crippen LogP contribution in [-0.2, 0) is 13.1 Å². The fraction of sp³-hybridized carbons (Fsp3) is 0.318. The summed E-state index contributed by atoms with van der Waals surface area (Å²) in [5.41, 5.74) is 3.56. The van der Waals surface area contributed by atoms with Crippen LogP contribution >= 0.6 is 0 Å². The van der Waals surface area contributed by atoms with E-state index in [2.05, 4.69) is 39.5 Å². The van der Waals surface area contributed by atoms with Gasteiger partial charge >= 0.3 is 0 Å². The average Bonchev–Trinajstić information content (AvgIpc) is 2.73. The SMILES string of the molecule is O=[N+]([O-])c1ccc(NCc2ccccc2CN2CCCCC2)c2ccncc12. The van der Waals surface area contributed by atoms with Gasteiger partial charge < -0.3 is 5.32 Å². The number of anilines is 1. The molecule has 0 unspecified atom stereocenters. The Kier molecular flexibility index (Phi) is 5.48. The molecule has 1 saturated heterocycles. The lowest BCUT2D eigenvalue weighted by atomic mass is 10.0. The summed E-state index contributed by atoms with van der Waals surface area (Å²) in [6.45, 7) is 3.99. The van der Waals surface area contributed by atoms with Crippen molar-refractivity contribution >= 4 is 22.1 Å². The molecule has 2 heterocycles. The van der Waals surface area contributed by atoms with Crippen molar-refractivity contribution in [3.8, 4) is 0 Å². The van der Waals surface area contributed by atoms with Crippen LogP contribution in [0.2, 0.25) is 0 Å². The Hall–Kier alpha value is -2.99. The number of nitro groups is 1. The Morgan fingerprint density at radius 3 is 2.57 bits per heavy atom. The Morgan fingerprint density at radius 2 is 1.79 bits per heavy atom. The van der Waals surface area contributed by atoms with Crippen LogP contribution in [0.25, 0.3) is 10.8 Å². The highest BCUT2D eigenvalue weighted by atomic mass is 16.6. The molecule has 2 aromatic carbocycles. The molecule has 4 rings (SSSR count). The van der Waals surface area contributed by atoms with Crippen molar-refractivity contribution in [2.75, 3.05) is 18.4 Å². The molecule has 1 aliphatic rings. The van der Waals surface area contributed by atoms with E-state index >= 15 is 0 Å². The Balaban J connectivity index is 1.55. The second-order valence-corrected chi connectivity index (χ2v) is 7.27. The van der Waals surface area contributed by atoms with Crippen molar-refractivity contribution in [3.63, 3.8) is 0 Å². The second kappa shape index (κ2) is 8.35. The number of nitrogens with one attached hydrogen (secondary N) is 1. The first-order chi connectivity index (χ1) is 13.7. The monoisotopic (exact) mass is 376 g/mol. The van der Waals surface area contributed by atoms with E-state index in [-0.39, 0.29) is 10.6 Å². The molecule has 1 aromatic heterocycles. The molecule has 0 spiro atoms. The van der Waals surface area contributed by atoms with Crippen LogP contribution in [0.15, 0.2) is 54.9 Å². The van der Waals surface area contributed by atoms with Crippen LogP contribution in [0, 0.1) is 10.1 Å². The van der Waals surface area contributed by atoms with Gasteiger partial charge in [0, 0.05) is 42.6 Å². The summed E-state index contributed by atoms with van der Waals surface area (Å²) in [4.78, 5) is 17.5. The first kappa shape index (κ1) is 18.4. The minimum Gasteiger partial charge on any atom is -0.380 e. The smallest absolute Gasteiger partial charge is 0.278 e. The third-order valence-corrected chi connectivity index (χ3v) is 5.42. The van der Waals surface area contributed by atoms with Gasteiger partial charge in [0.15, 0.2) is 0 Å². The van der Waals surface area contributed by atoms with Gasteiger partial charge in [-0.3, -0.25) is 20.0 Å². The summed E-state index contributed by atoms with van der Waals surface area (Å²) in [7, 11) is 0. The van der Waals surface area contributed by atoms with Gasteiger partial charge in [0.05, 0.1) is 10.3 Å². The third kappa shape index (κ3) is 3.97. The van der Waals surface area contributed by atoms with Crippen molar-refractivity contribution < 1.29 is 4.92 Å². The molecule has 0 aliphatic carbocycles. The molecule has 0 saturated carbocycles. The number of pyridine rings is 1. The normalized spacial score (nSPS) is 14.9. The van der Waals surface area contributed by atoms with Crippen molar-refractivity contribution in [3.05, 3.63) is 76.1 Å². The highest BCUT2D eigenvalue weighted by molar-refractivity contribution is 5.99. The number of piperidine rings is 1. The number of non-ortho nitro benzene ring substituents is 1. The maximum absolute atomic E-state index is 11.3. The van der Waals surface area contributed by atoms with Gasteiger partial charge in [-0.25, -0.2) is 0 Å². The zero-order valence-corrected chi connectivity index (χ0v) is 15.8. The zero-order valence-electron chi connectivity index (χ0n) is 15.8. The van der Waals surface area contributed by atoms with Gasteiger partial charge in [-0.1, -0.05) is 30.7 Å². The van der Waals surface area contributed by atoms with Gasteiger partial charge in [-0.05, 0) is 49.2 Å². The van der Waals surface area contributed by atoms with Crippen LogP contribution in [0.1, 0.15) is 30.4 Å². The summed E-state index contributed by atoms with van der Waals surface area (Å²) >= 11 is 0. The number of benzene rings is 2. The minimum atomic E-state index is -0.359. The lowest BCUT2D eigenvalue weighted by Crippen LogP contribution is -2.29. The molecule has 6 heteroatoms. The lowest BCUT2D eigenvalue weighted by molar-refractivity contribution is -0.383. The van der Waals surface area contributed by atoms with E-state index in [0.29, 0.717) is 11.9 Å². The van der Waals surface area contributed by atoms with E-state index in [0.717, 1.165) is 17.6 Å². The maximum atomic E-state index is 11.3. The predicted octanol–water partition coefficient (Wildman–Crippen LogP) is 4.74. The summed E-state index contributed by atoms with van der Waals surface area (Å²) in [6, 6.07) is 13.7. The number of hydrogen-bond donors (Lipinski definition) is 1. The highest BCUT2D eigenvalue weighted by Crippen LogP contribution is 2.31. The largest absolute Gasteiger partial charge is 0.380 e. The first-order valence-electron chi connectivity index (χ1n) is 9.76. The second-order valence-electron chi connectivity index (χ2n) is 7.27. The summed E-state index contributed by atoms with van der Waals surface area (Å²) in [6.07, 6.45) is 7.12. The molecule has 3 aromatic rings. The molecule has 144 valence electrons.